The molecule has 3 heteroatoms. The molecule has 0 spiro atoms. The maximum absolute atomic E-state index is 4.35. The van der Waals surface area contributed by atoms with Crippen LogP contribution in [0.4, 0.5) is 17.2 Å². The van der Waals surface area contributed by atoms with Gasteiger partial charge in [0.1, 0.15) is 11.4 Å². The van der Waals surface area contributed by atoms with E-state index in [1.54, 1.807) is 0 Å². The number of anilines is 1. The van der Waals surface area contributed by atoms with E-state index in [1.807, 2.05) is 43.5 Å². The van der Waals surface area contributed by atoms with Crippen molar-refractivity contribution in [3.63, 3.8) is 0 Å². The highest BCUT2D eigenvalue weighted by Gasteiger charge is 2.36. The van der Waals surface area contributed by atoms with Crippen LogP contribution in [0.5, 0.6) is 0 Å². The molecule has 5 aromatic rings. The molecular weight excluding hydrogens is 595 g/mol. The van der Waals surface area contributed by atoms with E-state index in [0.717, 1.165) is 50.8 Å². The lowest BCUT2D eigenvalue weighted by atomic mass is 9.92. The first kappa shape index (κ1) is 31.2. The zero-order valence-electron chi connectivity index (χ0n) is 27.6. The summed E-state index contributed by atoms with van der Waals surface area (Å²) < 4.78 is 2.30. The fraction of sp³-hybridized carbons (Fsp3) is 0.0217. The molecule has 3 nitrogen and oxygen atoms in total. The van der Waals surface area contributed by atoms with Crippen LogP contribution in [-0.2, 0) is 0 Å². The fourth-order valence-corrected chi connectivity index (χ4v) is 6.07. The van der Waals surface area contributed by atoms with Gasteiger partial charge in [-0.3, -0.25) is 0 Å². The Kier molecular flexibility index (Phi) is 8.98. The van der Waals surface area contributed by atoms with Crippen LogP contribution in [0.3, 0.4) is 0 Å². The molecule has 1 aromatic heterocycles. The standard InChI is InChI=1S/C46H38N3/c1-4-5-8-20-44-42-33-39(25-27-45(42)49(44)41-18-11-7-12-19-41)40-29-31-48(30-14-13-15-34(2)35(3)32-40)46-28-26-43(47-46)38-23-21-37(22-24-38)36-16-9-6-10-17-36/h4-33,47H,2-3H2,1H3/q+1/b5-4-,15-13-,20-8-,30-14-,31-29-,40-32+. The SMILES string of the molecule is C=C1/C=C\C=C/N(c2ccc(-c3ccc(-c4ccccc4)cc3)[nH]2)/C=C\C(c2ccc3c(c2)C(/C=C\C=C/C)=[N+]3c2ccccc2)=C/C1=C. The summed E-state index contributed by atoms with van der Waals surface area (Å²) in [5, 5.41) is 0. The predicted octanol–water partition coefficient (Wildman–Crippen LogP) is 11.7. The number of benzene rings is 4. The molecule has 4 aromatic carbocycles. The molecule has 1 N–H and O–H groups in total. The second-order valence-corrected chi connectivity index (χ2v) is 11.9. The minimum Gasteiger partial charge on any atom is -0.341 e. The Morgan fingerprint density at radius 3 is 2.14 bits per heavy atom. The predicted molar refractivity (Wildman–Crippen MR) is 210 cm³/mol. The average molecular weight is 633 g/mol. The van der Waals surface area contributed by atoms with E-state index in [-0.39, 0.29) is 0 Å². The van der Waals surface area contributed by atoms with Crippen molar-refractivity contribution in [2.45, 2.75) is 6.92 Å². The number of rotatable bonds is 7. The van der Waals surface area contributed by atoms with Crippen molar-refractivity contribution >= 4 is 28.5 Å². The lowest BCUT2D eigenvalue weighted by Gasteiger charge is -2.19. The number of fused-ring (bicyclic) bond motifs is 1. The van der Waals surface area contributed by atoms with Crippen LogP contribution in [-0.4, -0.2) is 10.7 Å². The molecule has 3 heterocycles. The quantitative estimate of drug-likeness (QED) is 0.140. The van der Waals surface area contributed by atoms with Gasteiger partial charge < -0.3 is 9.88 Å². The molecule has 7 rings (SSSR count). The molecule has 2 aliphatic heterocycles. The molecule has 0 amide bonds. The number of nitrogens with zero attached hydrogens (tertiary/aromatic N) is 2. The number of aromatic amines is 1. The highest BCUT2D eigenvalue weighted by molar-refractivity contribution is 6.21. The summed E-state index contributed by atoms with van der Waals surface area (Å²) in [5.74, 6) is 0.958. The molecule has 0 fully saturated rings. The van der Waals surface area contributed by atoms with Crippen molar-refractivity contribution < 1.29 is 0 Å². The molecular formula is C46H38N3+. The lowest BCUT2D eigenvalue weighted by molar-refractivity contribution is 1.03. The maximum Gasteiger partial charge on any atom is 0.225 e. The van der Waals surface area contributed by atoms with Crippen LogP contribution >= 0.6 is 0 Å². The third-order valence-corrected chi connectivity index (χ3v) is 8.72. The van der Waals surface area contributed by atoms with Gasteiger partial charge in [0, 0.05) is 42.4 Å². The van der Waals surface area contributed by atoms with E-state index in [1.165, 1.54) is 22.4 Å². The molecule has 236 valence electrons. The van der Waals surface area contributed by atoms with Crippen LogP contribution in [0, 0.1) is 0 Å². The number of para-hydroxylation sites is 1. The minimum absolute atomic E-state index is 0.865. The summed E-state index contributed by atoms with van der Waals surface area (Å²) in [6.07, 6.45) is 22.8. The lowest BCUT2D eigenvalue weighted by Crippen LogP contribution is -2.27. The van der Waals surface area contributed by atoms with Crippen molar-refractivity contribution in [3.05, 3.63) is 218 Å². The second kappa shape index (κ2) is 14.1. The summed E-state index contributed by atoms with van der Waals surface area (Å²) >= 11 is 0. The van der Waals surface area contributed by atoms with Crippen LogP contribution in [0.1, 0.15) is 18.1 Å². The third kappa shape index (κ3) is 6.69. The molecule has 0 aliphatic carbocycles. The number of H-pyrrole nitrogens is 1. The molecule has 0 saturated heterocycles. The van der Waals surface area contributed by atoms with Gasteiger partial charge >= 0.3 is 0 Å². The van der Waals surface area contributed by atoms with E-state index in [9.17, 15) is 0 Å². The van der Waals surface area contributed by atoms with Gasteiger partial charge in [-0.15, -0.1) is 0 Å². The van der Waals surface area contributed by atoms with Gasteiger partial charge in [0.15, 0.2) is 0 Å². The van der Waals surface area contributed by atoms with Crippen molar-refractivity contribution in [3.8, 4) is 22.4 Å². The normalized spacial score (nSPS) is 17.7. The minimum atomic E-state index is 0.865. The topological polar surface area (TPSA) is 22.0 Å². The Bertz CT molecular complexity index is 2230. The summed E-state index contributed by atoms with van der Waals surface area (Å²) in [6, 6.07) is 40.5. The first-order valence-electron chi connectivity index (χ1n) is 16.5. The molecule has 0 radical (unpaired) electrons. The van der Waals surface area contributed by atoms with Gasteiger partial charge in [-0.2, -0.15) is 4.58 Å². The molecule has 49 heavy (non-hydrogen) atoms. The van der Waals surface area contributed by atoms with Crippen molar-refractivity contribution in [2.24, 2.45) is 0 Å². The van der Waals surface area contributed by atoms with Gasteiger partial charge in [0.25, 0.3) is 0 Å². The zero-order valence-corrected chi connectivity index (χ0v) is 27.6. The van der Waals surface area contributed by atoms with Gasteiger partial charge in [-0.1, -0.05) is 116 Å². The van der Waals surface area contributed by atoms with E-state index < -0.39 is 0 Å². The molecule has 0 saturated carbocycles. The van der Waals surface area contributed by atoms with Gasteiger partial charge in [0.2, 0.25) is 17.1 Å². The van der Waals surface area contributed by atoms with Gasteiger partial charge in [-0.05, 0) is 88.4 Å². The molecule has 0 unspecified atom stereocenters. The number of hydrogen-bond acceptors (Lipinski definition) is 1. The second-order valence-electron chi connectivity index (χ2n) is 11.9. The van der Waals surface area contributed by atoms with E-state index in [2.05, 4.69) is 173 Å². The highest BCUT2D eigenvalue weighted by Crippen LogP contribution is 2.37. The molecule has 0 atom stereocenters. The fourth-order valence-electron chi connectivity index (χ4n) is 6.07. The Hall–Kier alpha value is -6.45. The van der Waals surface area contributed by atoms with Crippen LogP contribution < -0.4 is 9.48 Å². The van der Waals surface area contributed by atoms with E-state index in [0.29, 0.717) is 0 Å². The van der Waals surface area contributed by atoms with Crippen LogP contribution in [0.15, 0.2) is 207 Å². The summed E-state index contributed by atoms with van der Waals surface area (Å²) in [7, 11) is 0. The smallest absolute Gasteiger partial charge is 0.225 e. The van der Waals surface area contributed by atoms with Crippen molar-refractivity contribution in [1.82, 2.24) is 9.56 Å². The van der Waals surface area contributed by atoms with Crippen LogP contribution in [0.2, 0.25) is 0 Å². The van der Waals surface area contributed by atoms with E-state index >= 15 is 0 Å². The Morgan fingerprint density at radius 1 is 0.653 bits per heavy atom. The van der Waals surface area contributed by atoms with Crippen LogP contribution in [0.25, 0.3) is 28.0 Å². The Balaban J connectivity index is 1.21. The first-order chi connectivity index (χ1) is 24.1. The van der Waals surface area contributed by atoms with Crippen molar-refractivity contribution in [1.29, 1.82) is 0 Å². The highest BCUT2D eigenvalue weighted by atomic mass is 15.2. The molecule has 2 aliphatic rings. The largest absolute Gasteiger partial charge is 0.341 e. The van der Waals surface area contributed by atoms with Gasteiger partial charge in [-0.25, -0.2) is 0 Å². The monoisotopic (exact) mass is 632 g/mol. The van der Waals surface area contributed by atoms with Crippen molar-refractivity contribution in [2.75, 3.05) is 4.90 Å². The summed E-state index contributed by atoms with van der Waals surface area (Å²) in [6.45, 7) is 10.7. The number of nitrogens with one attached hydrogen (secondary N) is 1. The number of aromatic nitrogens is 1. The number of allylic oxidation sites excluding steroid dienone is 12. The summed E-state index contributed by atoms with van der Waals surface area (Å²) in [5.41, 5.74) is 13.2. The Morgan fingerprint density at radius 2 is 1.37 bits per heavy atom. The molecule has 0 bridgehead atoms. The third-order valence-electron chi connectivity index (χ3n) is 8.72. The zero-order chi connectivity index (χ0) is 33.6. The average Bonchev–Trinajstić information content (AvgIpc) is 3.63. The Labute approximate surface area is 289 Å². The van der Waals surface area contributed by atoms with E-state index in [4.69, 9.17) is 0 Å². The van der Waals surface area contributed by atoms with Gasteiger partial charge in [0.05, 0.1) is 0 Å². The maximum atomic E-state index is 4.35. The summed E-state index contributed by atoms with van der Waals surface area (Å²) in [4.78, 5) is 5.73. The first-order valence-corrected chi connectivity index (χ1v) is 16.5. The number of hydrogen-bond donors (Lipinski definition) is 1.